The Morgan fingerprint density at radius 3 is 1.45 bits per heavy atom. The molecular formula is C42H42O7. The highest BCUT2D eigenvalue weighted by molar-refractivity contribution is 5.47. The molecule has 2 saturated heterocycles. The van der Waals surface area contributed by atoms with Crippen molar-refractivity contribution in [2.45, 2.75) is 62.4 Å². The predicted octanol–water partition coefficient (Wildman–Crippen LogP) is 7.63. The second-order valence-electron chi connectivity index (χ2n) is 12.4. The molecule has 7 rings (SSSR count). The first-order chi connectivity index (χ1) is 24.1. The van der Waals surface area contributed by atoms with E-state index in [2.05, 4.69) is 36.4 Å². The second kappa shape index (κ2) is 15.2. The Balaban J connectivity index is 1.27. The molecule has 0 N–H and O–H groups in total. The van der Waals surface area contributed by atoms with Gasteiger partial charge in [0.05, 0.1) is 19.8 Å². The van der Waals surface area contributed by atoms with E-state index >= 15 is 0 Å². The van der Waals surface area contributed by atoms with E-state index < -0.39 is 42.3 Å². The van der Waals surface area contributed by atoms with Crippen LogP contribution in [0.2, 0.25) is 0 Å². The first-order valence-corrected chi connectivity index (χ1v) is 16.8. The first-order valence-electron chi connectivity index (χ1n) is 16.8. The molecule has 0 aromatic heterocycles. The maximum atomic E-state index is 7.26. The van der Waals surface area contributed by atoms with Gasteiger partial charge in [-0.3, -0.25) is 4.74 Å². The summed E-state index contributed by atoms with van der Waals surface area (Å²) < 4.78 is 45.7. The molecule has 0 bridgehead atoms. The minimum absolute atomic E-state index is 0.152. The molecule has 7 heteroatoms. The minimum Gasteiger partial charge on any atom is -0.368 e. The van der Waals surface area contributed by atoms with Crippen molar-refractivity contribution >= 4 is 0 Å². The number of rotatable bonds is 13. The Morgan fingerprint density at radius 2 is 1.00 bits per heavy atom. The van der Waals surface area contributed by atoms with Crippen LogP contribution in [0.5, 0.6) is 0 Å². The summed E-state index contributed by atoms with van der Waals surface area (Å²) >= 11 is 0. The number of hydrogen-bond acceptors (Lipinski definition) is 7. The molecule has 2 aliphatic heterocycles. The Kier molecular flexibility index (Phi) is 10.3. The third kappa shape index (κ3) is 7.25. The maximum Gasteiger partial charge on any atom is 0.282 e. The van der Waals surface area contributed by atoms with Gasteiger partial charge in [-0.25, -0.2) is 0 Å². The molecule has 0 spiro atoms. The lowest BCUT2D eigenvalue weighted by atomic mass is 9.80. The summed E-state index contributed by atoms with van der Waals surface area (Å²) in [6, 6.07) is 51.0. The van der Waals surface area contributed by atoms with Gasteiger partial charge in [0.15, 0.2) is 6.29 Å². The molecule has 1 unspecified atom stereocenters. The number of benzene rings is 5. The minimum atomic E-state index is -1.31. The van der Waals surface area contributed by atoms with Gasteiger partial charge in [0.25, 0.3) is 5.97 Å². The lowest BCUT2D eigenvalue weighted by Crippen LogP contribution is -2.60. The normalized spacial score (nSPS) is 25.1. The predicted molar refractivity (Wildman–Crippen MR) is 185 cm³/mol. The third-order valence-corrected chi connectivity index (χ3v) is 9.22. The largest absolute Gasteiger partial charge is 0.368 e. The first kappa shape index (κ1) is 33.3. The van der Waals surface area contributed by atoms with Crippen LogP contribution in [-0.4, -0.2) is 50.4 Å². The van der Waals surface area contributed by atoms with Crippen molar-refractivity contribution in [2.24, 2.45) is 0 Å². The maximum absolute atomic E-state index is 7.26. The molecule has 0 aliphatic carbocycles. The highest BCUT2D eigenvalue weighted by atomic mass is 16.9. The van der Waals surface area contributed by atoms with Crippen LogP contribution in [0.15, 0.2) is 152 Å². The molecule has 0 radical (unpaired) electrons. The molecule has 252 valence electrons. The van der Waals surface area contributed by atoms with Crippen molar-refractivity contribution in [1.82, 2.24) is 0 Å². The molecular weight excluding hydrogens is 616 g/mol. The number of fused-ring (bicyclic) bond motifs is 1. The highest BCUT2D eigenvalue weighted by Crippen LogP contribution is 2.43. The topological polar surface area (TPSA) is 64.6 Å². The molecule has 5 aromatic carbocycles. The van der Waals surface area contributed by atoms with Crippen LogP contribution in [0.3, 0.4) is 0 Å². The zero-order valence-corrected chi connectivity index (χ0v) is 27.8. The van der Waals surface area contributed by atoms with Crippen LogP contribution in [0.25, 0.3) is 0 Å². The van der Waals surface area contributed by atoms with E-state index in [1.807, 2.05) is 115 Å². The van der Waals surface area contributed by atoms with E-state index in [0.29, 0.717) is 13.2 Å². The molecule has 0 amide bonds. The van der Waals surface area contributed by atoms with Gasteiger partial charge in [0.2, 0.25) is 0 Å². The van der Waals surface area contributed by atoms with Crippen molar-refractivity contribution in [1.29, 1.82) is 0 Å². The van der Waals surface area contributed by atoms with E-state index in [-0.39, 0.29) is 6.61 Å². The number of hydrogen-bond donors (Lipinski definition) is 0. The summed E-state index contributed by atoms with van der Waals surface area (Å²) in [7, 11) is 1.55. The zero-order chi connectivity index (χ0) is 33.5. The van der Waals surface area contributed by atoms with Crippen LogP contribution >= 0.6 is 0 Å². The second-order valence-corrected chi connectivity index (χ2v) is 12.4. The van der Waals surface area contributed by atoms with Gasteiger partial charge in [-0.2, -0.15) is 0 Å². The number of methoxy groups -OCH3 is 1. The standard InChI is InChI=1S/C42H42O7/c1-41(43-2)48-39-38(45-29-32-20-10-4-11-21-32)37(44-28-31-18-8-3-9-19-31)36(47-40(39)49-41)30-46-42(33-22-12-5-13-23-33,34-24-14-6-15-25-34)35-26-16-7-17-27-35/h3-27,36-40H,28-30H2,1-2H3/t36-,37-,38+,39+,40+,41?/m1/s1. The average Bonchev–Trinajstić information content (AvgIpc) is 3.52. The van der Waals surface area contributed by atoms with E-state index in [0.717, 1.165) is 27.8 Å². The summed E-state index contributed by atoms with van der Waals surface area (Å²) in [4.78, 5) is 0. The Hall–Kier alpha value is -4.18. The Labute approximate surface area is 288 Å². The van der Waals surface area contributed by atoms with Crippen LogP contribution in [0.1, 0.15) is 34.7 Å². The fourth-order valence-electron chi connectivity index (χ4n) is 6.72. The van der Waals surface area contributed by atoms with Gasteiger partial charge in [0, 0.05) is 14.0 Å². The summed E-state index contributed by atoms with van der Waals surface area (Å²) in [6.45, 7) is 2.58. The van der Waals surface area contributed by atoms with E-state index in [1.54, 1.807) is 14.0 Å². The highest BCUT2D eigenvalue weighted by Gasteiger charge is 2.58. The van der Waals surface area contributed by atoms with Crippen molar-refractivity contribution in [3.05, 3.63) is 179 Å². The summed E-state index contributed by atoms with van der Waals surface area (Å²) in [5, 5.41) is 0. The Bertz CT molecular complexity index is 1630. The van der Waals surface area contributed by atoms with Crippen molar-refractivity contribution in [3.8, 4) is 0 Å². The molecule has 7 nitrogen and oxygen atoms in total. The van der Waals surface area contributed by atoms with Crippen molar-refractivity contribution < 1.29 is 33.2 Å². The van der Waals surface area contributed by atoms with Crippen LogP contribution in [0.4, 0.5) is 0 Å². The van der Waals surface area contributed by atoms with Crippen molar-refractivity contribution in [2.75, 3.05) is 13.7 Å². The van der Waals surface area contributed by atoms with Gasteiger partial charge < -0.3 is 28.4 Å². The third-order valence-electron chi connectivity index (χ3n) is 9.22. The molecule has 2 fully saturated rings. The lowest BCUT2D eigenvalue weighted by Gasteiger charge is -2.44. The van der Waals surface area contributed by atoms with Crippen LogP contribution < -0.4 is 0 Å². The lowest BCUT2D eigenvalue weighted by molar-refractivity contribution is -0.335. The van der Waals surface area contributed by atoms with Gasteiger partial charge in [-0.1, -0.05) is 152 Å². The molecule has 6 atom stereocenters. The Morgan fingerprint density at radius 1 is 0.571 bits per heavy atom. The van der Waals surface area contributed by atoms with Gasteiger partial charge in [-0.05, 0) is 27.8 Å². The van der Waals surface area contributed by atoms with Crippen molar-refractivity contribution in [3.63, 3.8) is 0 Å². The zero-order valence-electron chi connectivity index (χ0n) is 27.8. The number of ether oxygens (including phenoxy) is 7. The van der Waals surface area contributed by atoms with Gasteiger partial charge in [-0.15, -0.1) is 0 Å². The molecule has 2 heterocycles. The van der Waals surface area contributed by atoms with Crippen LogP contribution in [-0.2, 0) is 52.0 Å². The fourth-order valence-corrected chi connectivity index (χ4v) is 6.72. The monoisotopic (exact) mass is 658 g/mol. The fraction of sp³-hybridized carbons (Fsp3) is 0.286. The summed E-state index contributed by atoms with van der Waals surface area (Å²) in [5.41, 5.74) is 4.09. The van der Waals surface area contributed by atoms with E-state index in [9.17, 15) is 0 Å². The molecule has 2 aliphatic rings. The quantitative estimate of drug-likeness (QED) is 0.121. The van der Waals surface area contributed by atoms with E-state index in [4.69, 9.17) is 33.2 Å². The molecule has 5 aromatic rings. The molecule has 49 heavy (non-hydrogen) atoms. The average molecular weight is 659 g/mol. The van der Waals surface area contributed by atoms with Gasteiger partial charge >= 0.3 is 0 Å². The smallest absolute Gasteiger partial charge is 0.282 e. The molecule has 0 saturated carbocycles. The summed E-state index contributed by atoms with van der Waals surface area (Å²) in [6.07, 6.45) is -3.17. The summed E-state index contributed by atoms with van der Waals surface area (Å²) in [5.74, 6) is -1.31. The van der Waals surface area contributed by atoms with Gasteiger partial charge in [0.1, 0.15) is 30.0 Å². The SMILES string of the molecule is COC1(C)O[C@@H]2O[C@H](COC(c3ccccc3)(c3ccccc3)c3ccccc3)[C@@H](OCc3ccccc3)[C@H](OCc3ccccc3)[C@@H]2O1. The van der Waals surface area contributed by atoms with E-state index in [1.165, 1.54) is 0 Å². The van der Waals surface area contributed by atoms with Crippen LogP contribution in [0, 0.1) is 0 Å².